The van der Waals surface area contributed by atoms with Crippen molar-refractivity contribution in [2.45, 2.75) is 19.9 Å². The number of hydrogen-bond acceptors (Lipinski definition) is 6. The fourth-order valence-electron chi connectivity index (χ4n) is 4.61. The predicted octanol–water partition coefficient (Wildman–Crippen LogP) is 1.94. The Kier molecular flexibility index (Phi) is 6.92. The Morgan fingerprint density at radius 1 is 1.11 bits per heavy atom. The summed E-state index contributed by atoms with van der Waals surface area (Å²) >= 11 is 0. The fourth-order valence-corrected chi connectivity index (χ4v) is 4.61. The van der Waals surface area contributed by atoms with Crippen LogP contribution in [0.4, 0.5) is 0 Å². The number of aromatic nitrogens is 3. The molecule has 2 N–H and O–H groups in total. The third kappa shape index (κ3) is 4.80. The molecule has 5 rings (SSSR count). The monoisotopic (exact) mass is 486 g/mol. The van der Waals surface area contributed by atoms with Gasteiger partial charge in [0.25, 0.3) is 11.5 Å². The average molecular weight is 487 g/mol. The molecule has 0 bridgehead atoms. The van der Waals surface area contributed by atoms with Crippen LogP contribution in [0, 0.1) is 12.3 Å². The number of pyridine rings is 2. The van der Waals surface area contributed by atoms with Crippen molar-refractivity contribution in [3.8, 4) is 0 Å². The largest absolute Gasteiger partial charge is 0.379 e. The van der Waals surface area contributed by atoms with Gasteiger partial charge in [0.15, 0.2) is 0 Å². The first-order valence-electron chi connectivity index (χ1n) is 12.3. The maximum absolute atomic E-state index is 13.5. The lowest BCUT2D eigenvalue weighted by Crippen LogP contribution is -2.39. The van der Waals surface area contributed by atoms with Crippen LogP contribution in [-0.4, -0.2) is 64.2 Å². The lowest BCUT2D eigenvalue weighted by molar-refractivity contribution is 0.0374. The van der Waals surface area contributed by atoms with Gasteiger partial charge in [0.05, 0.1) is 30.7 Å². The summed E-state index contributed by atoms with van der Waals surface area (Å²) in [5, 5.41) is 12.2. The summed E-state index contributed by atoms with van der Waals surface area (Å²) in [4.78, 5) is 33.7. The Bertz CT molecular complexity index is 1520. The number of rotatable bonds is 7. The standard InChI is InChI=1S/C27H30N6O3/c1-19-7-5-12-32-24(19)30-25-22(27(32)35)17-21(23(28)33(25)18-20-8-3-2-4-9-20)26(34)29-10-6-11-31-13-15-36-16-14-31/h2-5,7-9,12,17,28H,6,10-11,13-16,18H2,1H3,(H,29,34). The number of hydrogen-bond donors (Lipinski definition) is 2. The van der Waals surface area contributed by atoms with E-state index in [2.05, 4.69) is 10.2 Å². The predicted molar refractivity (Wildman–Crippen MR) is 137 cm³/mol. The summed E-state index contributed by atoms with van der Waals surface area (Å²) in [6.45, 7) is 6.87. The second-order valence-electron chi connectivity index (χ2n) is 9.08. The lowest BCUT2D eigenvalue weighted by atomic mass is 10.1. The Hall–Kier alpha value is -3.82. The summed E-state index contributed by atoms with van der Waals surface area (Å²) in [5.41, 5.74) is 2.67. The molecular weight excluding hydrogens is 456 g/mol. The summed E-state index contributed by atoms with van der Waals surface area (Å²) in [7, 11) is 0. The minimum atomic E-state index is -0.362. The van der Waals surface area contributed by atoms with Gasteiger partial charge < -0.3 is 14.6 Å². The molecule has 36 heavy (non-hydrogen) atoms. The molecule has 1 aliphatic rings. The average Bonchev–Trinajstić information content (AvgIpc) is 2.90. The van der Waals surface area contributed by atoms with Gasteiger partial charge in [0.2, 0.25) is 0 Å². The van der Waals surface area contributed by atoms with Crippen molar-refractivity contribution in [3.05, 3.63) is 87.3 Å². The second kappa shape index (κ2) is 10.4. The molecule has 186 valence electrons. The van der Waals surface area contributed by atoms with Crippen LogP contribution in [0.15, 0.2) is 59.5 Å². The van der Waals surface area contributed by atoms with E-state index in [9.17, 15) is 9.59 Å². The number of carbonyl (C=O) groups excluding carboxylic acids is 1. The number of nitrogens with one attached hydrogen (secondary N) is 2. The highest BCUT2D eigenvalue weighted by Gasteiger charge is 2.18. The second-order valence-corrected chi connectivity index (χ2v) is 9.08. The zero-order valence-corrected chi connectivity index (χ0v) is 20.4. The van der Waals surface area contributed by atoms with Crippen LogP contribution in [0.25, 0.3) is 16.7 Å². The van der Waals surface area contributed by atoms with Crippen molar-refractivity contribution in [2.24, 2.45) is 0 Å². The molecule has 9 heteroatoms. The number of nitrogens with zero attached hydrogens (tertiary/aromatic N) is 4. The van der Waals surface area contributed by atoms with E-state index in [1.54, 1.807) is 16.8 Å². The molecule has 4 aromatic rings. The van der Waals surface area contributed by atoms with E-state index in [4.69, 9.17) is 15.1 Å². The first-order valence-corrected chi connectivity index (χ1v) is 12.3. The number of carbonyl (C=O) groups is 1. The molecule has 9 nitrogen and oxygen atoms in total. The van der Waals surface area contributed by atoms with E-state index in [-0.39, 0.29) is 22.5 Å². The van der Waals surface area contributed by atoms with E-state index in [1.165, 1.54) is 10.5 Å². The van der Waals surface area contributed by atoms with Gasteiger partial charge in [0.1, 0.15) is 16.8 Å². The highest BCUT2D eigenvalue weighted by molar-refractivity contribution is 5.96. The molecule has 0 unspecified atom stereocenters. The van der Waals surface area contributed by atoms with E-state index >= 15 is 0 Å². The molecule has 0 atom stereocenters. The minimum absolute atomic E-state index is 0.0295. The highest BCUT2D eigenvalue weighted by Crippen LogP contribution is 2.14. The molecule has 0 radical (unpaired) electrons. The van der Waals surface area contributed by atoms with Gasteiger partial charge in [0, 0.05) is 25.8 Å². The summed E-state index contributed by atoms with van der Waals surface area (Å²) < 4.78 is 8.53. The molecule has 3 aromatic heterocycles. The number of aryl methyl sites for hydroxylation is 1. The molecule has 1 fully saturated rings. The number of amides is 1. The summed E-state index contributed by atoms with van der Waals surface area (Å²) in [6.07, 6.45) is 2.48. The minimum Gasteiger partial charge on any atom is -0.379 e. The lowest BCUT2D eigenvalue weighted by Gasteiger charge is -2.26. The van der Waals surface area contributed by atoms with Crippen molar-refractivity contribution in [3.63, 3.8) is 0 Å². The normalized spacial score (nSPS) is 14.4. The van der Waals surface area contributed by atoms with Crippen molar-refractivity contribution in [2.75, 3.05) is 39.4 Å². The molecule has 1 aromatic carbocycles. The number of morpholine rings is 1. The zero-order chi connectivity index (χ0) is 25.1. The molecule has 1 amide bonds. The van der Waals surface area contributed by atoms with E-state index in [0.717, 1.165) is 50.4 Å². The van der Waals surface area contributed by atoms with Crippen LogP contribution >= 0.6 is 0 Å². The molecule has 0 spiro atoms. The van der Waals surface area contributed by atoms with Crippen LogP contribution in [0.2, 0.25) is 0 Å². The maximum Gasteiger partial charge on any atom is 0.267 e. The van der Waals surface area contributed by atoms with Crippen LogP contribution < -0.4 is 16.4 Å². The maximum atomic E-state index is 13.5. The Morgan fingerprint density at radius 2 is 1.89 bits per heavy atom. The summed E-state index contributed by atoms with van der Waals surface area (Å²) in [5.74, 6) is -0.362. The third-order valence-corrected chi connectivity index (χ3v) is 6.60. The van der Waals surface area contributed by atoms with Gasteiger partial charge in [-0.1, -0.05) is 36.4 Å². The van der Waals surface area contributed by atoms with Crippen molar-refractivity contribution in [1.82, 2.24) is 24.2 Å². The number of fused-ring (bicyclic) bond motifs is 2. The molecule has 4 heterocycles. The van der Waals surface area contributed by atoms with Crippen LogP contribution in [0.3, 0.4) is 0 Å². The Morgan fingerprint density at radius 3 is 2.67 bits per heavy atom. The number of ether oxygens (including phenoxy) is 1. The van der Waals surface area contributed by atoms with Gasteiger partial charge >= 0.3 is 0 Å². The van der Waals surface area contributed by atoms with Gasteiger partial charge in [-0.25, -0.2) is 4.98 Å². The van der Waals surface area contributed by atoms with Crippen molar-refractivity contribution < 1.29 is 9.53 Å². The van der Waals surface area contributed by atoms with Gasteiger partial charge in [-0.2, -0.15) is 0 Å². The van der Waals surface area contributed by atoms with E-state index < -0.39 is 0 Å². The molecule has 0 saturated carbocycles. The summed E-state index contributed by atoms with van der Waals surface area (Å²) in [6, 6.07) is 14.9. The van der Waals surface area contributed by atoms with Crippen molar-refractivity contribution in [1.29, 1.82) is 5.41 Å². The SMILES string of the molecule is Cc1cccn2c(=O)c3cc(C(=O)NCCCN4CCOCC4)c(=N)n(Cc4ccccc4)c3nc12. The molecule has 1 saturated heterocycles. The zero-order valence-electron chi connectivity index (χ0n) is 20.4. The molecule has 1 aliphatic heterocycles. The van der Waals surface area contributed by atoms with Gasteiger partial charge in [-0.3, -0.25) is 24.3 Å². The van der Waals surface area contributed by atoms with Crippen molar-refractivity contribution >= 4 is 22.6 Å². The first-order chi connectivity index (χ1) is 17.5. The van der Waals surface area contributed by atoms with Gasteiger partial charge in [-0.05, 0) is 43.1 Å². The number of benzene rings is 1. The molecular formula is C27H30N6O3. The first kappa shape index (κ1) is 23.9. The Labute approximate surface area is 208 Å². The van der Waals surface area contributed by atoms with E-state index in [0.29, 0.717) is 29.8 Å². The van der Waals surface area contributed by atoms with Crippen LogP contribution in [-0.2, 0) is 11.3 Å². The van der Waals surface area contributed by atoms with E-state index in [1.807, 2.05) is 43.3 Å². The third-order valence-electron chi connectivity index (χ3n) is 6.60. The topological polar surface area (TPSA) is 105 Å². The smallest absolute Gasteiger partial charge is 0.267 e. The highest BCUT2D eigenvalue weighted by atomic mass is 16.5. The Balaban J connectivity index is 1.52. The van der Waals surface area contributed by atoms with Crippen LogP contribution in [0.5, 0.6) is 0 Å². The molecule has 0 aliphatic carbocycles. The van der Waals surface area contributed by atoms with Crippen LogP contribution in [0.1, 0.15) is 27.9 Å². The van der Waals surface area contributed by atoms with Gasteiger partial charge in [-0.15, -0.1) is 0 Å². The quantitative estimate of drug-likeness (QED) is 0.307. The fraction of sp³-hybridized carbons (Fsp3) is 0.333.